The number of nitro benzene ring substituents is 1. The van der Waals surface area contributed by atoms with Crippen molar-refractivity contribution in [1.82, 2.24) is 5.32 Å². The minimum absolute atomic E-state index is 0.0308. The molecule has 1 aliphatic rings. The van der Waals surface area contributed by atoms with Gasteiger partial charge < -0.3 is 10.4 Å². The molecule has 1 saturated carbocycles. The number of nitrogens with one attached hydrogen (secondary N) is 1. The zero-order valence-corrected chi connectivity index (χ0v) is 11.0. The summed E-state index contributed by atoms with van der Waals surface area (Å²) in [7, 11) is 0. The highest BCUT2D eigenvalue weighted by atomic mass is 35.5. The molecule has 2 rings (SSSR count). The number of carboxylic acids is 1. The molecule has 0 atom stereocenters. The molecule has 0 spiro atoms. The fourth-order valence-corrected chi connectivity index (χ4v) is 2.25. The molecule has 1 aromatic carbocycles. The number of amides is 1. The number of nitro groups is 1. The normalized spacial score (nSPS) is 16.1. The van der Waals surface area contributed by atoms with E-state index in [1.165, 1.54) is 6.07 Å². The molecule has 8 heteroatoms. The predicted molar refractivity (Wildman–Crippen MR) is 69.8 cm³/mol. The van der Waals surface area contributed by atoms with Gasteiger partial charge in [-0.15, -0.1) is 0 Å². The molecule has 0 aliphatic heterocycles. The van der Waals surface area contributed by atoms with Gasteiger partial charge in [0.1, 0.15) is 5.54 Å². The summed E-state index contributed by atoms with van der Waals surface area (Å²) in [5.41, 5.74) is -1.62. The first-order valence-electron chi connectivity index (χ1n) is 5.85. The summed E-state index contributed by atoms with van der Waals surface area (Å²) in [5, 5.41) is 22.3. The van der Waals surface area contributed by atoms with Crippen molar-refractivity contribution in [1.29, 1.82) is 0 Å². The fourth-order valence-electron chi connectivity index (χ4n) is 2.02. The van der Waals surface area contributed by atoms with Crippen molar-refractivity contribution in [3.8, 4) is 0 Å². The predicted octanol–water partition coefficient (Wildman–Crippen LogP) is 1.99. The first-order valence-corrected chi connectivity index (χ1v) is 6.23. The van der Waals surface area contributed by atoms with Crippen LogP contribution < -0.4 is 5.32 Å². The average Bonchev–Trinajstić information content (AvgIpc) is 2.32. The molecule has 0 aromatic heterocycles. The Kier molecular flexibility index (Phi) is 3.63. The third-order valence-electron chi connectivity index (χ3n) is 3.32. The minimum atomic E-state index is -1.27. The highest BCUT2D eigenvalue weighted by molar-refractivity contribution is 6.31. The molecule has 0 unspecified atom stereocenters. The van der Waals surface area contributed by atoms with Gasteiger partial charge in [-0.25, -0.2) is 4.79 Å². The van der Waals surface area contributed by atoms with E-state index < -0.39 is 22.3 Å². The number of benzene rings is 1. The minimum Gasteiger partial charge on any atom is -0.480 e. The maximum Gasteiger partial charge on any atom is 0.329 e. The van der Waals surface area contributed by atoms with Crippen LogP contribution in [0.15, 0.2) is 18.2 Å². The summed E-state index contributed by atoms with van der Waals surface area (Å²) in [4.78, 5) is 33.2. The van der Waals surface area contributed by atoms with E-state index in [9.17, 15) is 19.7 Å². The highest BCUT2D eigenvalue weighted by Gasteiger charge is 2.45. The molecule has 0 bridgehead atoms. The maximum absolute atomic E-state index is 12.0. The van der Waals surface area contributed by atoms with Gasteiger partial charge >= 0.3 is 5.97 Å². The van der Waals surface area contributed by atoms with Crippen molar-refractivity contribution in [2.24, 2.45) is 0 Å². The van der Waals surface area contributed by atoms with Crippen LogP contribution in [0.1, 0.15) is 29.6 Å². The lowest BCUT2D eigenvalue weighted by Gasteiger charge is -2.38. The van der Waals surface area contributed by atoms with E-state index in [-0.39, 0.29) is 16.3 Å². The van der Waals surface area contributed by atoms with Crippen molar-refractivity contribution in [3.05, 3.63) is 38.9 Å². The molecule has 106 valence electrons. The van der Waals surface area contributed by atoms with Gasteiger partial charge in [-0.3, -0.25) is 14.9 Å². The Morgan fingerprint density at radius 2 is 2.00 bits per heavy atom. The molecule has 1 amide bonds. The summed E-state index contributed by atoms with van der Waals surface area (Å²) in [6.07, 6.45) is 1.40. The molecule has 20 heavy (non-hydrogen) atoms. The van der Waals surface area contributed by atoms with Gasteiger partial charge in [-0.1, -0.05) is 11.6 Å². The fraction of sp³-hybridized carbons (Fsp3) is 0.333. The topological polar surface area (TPSA) is 110 Å². The Labute approximate surface area is 118 Å². The molecule has 0 saturated heterocycles. The SMILES string of the molecule is O=C(NC1(C(=O)O)CCC1)c1cc(Cl)cc([N+](=O)[O-])c1. The molecular weight excluding hydrogens is 288 g/mol. The average molecular weight is 299 g/mol. The number of carbonyl (C=O) groups is 2. The number of aliphatic carboxylic acids is 1. The Morgan fingerprint density at radius 3 is 2.45 bits per heavy atom. The van der Waals surface area contributed by atoms with Crippen molar-refractivity contribution in [2.45, 2.75) is 24.8 Å². The van der Waals surface area contributed by atoms with Crippen LogP contribution in [0.5, 0.6) is 0 Å². The van der Waals surface area contributed by atoms with E-state index in [1.54, 1.807) is 0 Å². The Balaban J connectivity index is 2.25. The lowest BCUT2D eigenvalue weighted by molar-refractivity contribution is -0.384. The second-order valence-corrected chi connectivity index (χ2v) is 5.09. The quantitative estimate of drug-likeness (QED) is 0.652. The summed E-state index contributed by atoms with van der Waals surface area (Å²) in [6.45, 7) is 0. The van der Waals surface area contributed by atoms with E-state index in [4.69, 9.17) is 16.7 Å². The number of carbonyl (C=O) groups excluding carboxylic acids is 1. The van der Waals surface area contributed by atoms with Gasteiger partial charge in [0.15, 0.2) is 0 Å². The molecule has 7 nitrogen and oxygen atoms in total. The van der Waals surface area contributed by atoms with Crippen molar-refractivity contribution in [3.63, 3.8) is 0 Å². The van der Waals surface area contributed by atoms with Gasteiger partial charge in [0, 0.05) is 22.7 Å². The second kappa shape index (κ2) is 5.09. The summed E-state index contributed by atoms with van der Waals surface area (Å²) in [5.74, 6) is -1.79. The number of halogens is 1. The van der Waals surface area contributed by atoms with Crippen LogP contribution in [0.2, 0.25) is 5.02 Å². The van der Waals surface area contributed by atoms with Crippen molar-refractivity contribution < 1.29 is 19.6 Å². The van der Waals surface area contributed by atoms with Gasteiger partial charge in [0.25, 0.3) is 11.6 Å². The number of hydrogen-bond acceptors (Lipinski definition) is 4. The Hall–Kier alpha value is -2.15. The first-order chi connectivity index (χ1) is 9.34. The Morgan fingerprint density at radius 1 is 1.35 bits per heavy atom. The van der Waals surface area contributed by atoms with E-state index in [0.717, 1.165) is 12.1 Å². The Bertz CT molecular complexity index is 598. The van der Waals surface area contributed by atoms with E-state index >= 15 is 0 Å². The van der Waals surface area contributed by atoms with Gasteiger partial charge in [0.05, 0.1) is 4.92 Å². The van der Waals surface area contributed by atoms with Crippen molar-refractivity contribution >= 4 is 29.2 Å². The zero-order valence-electron chi connectivity index (χ0n) is 10.3. The molecule has 0 heterocycles. The molecular formula is C12H11ClN2O5. The smallest absolute Gasteiger partial charge is 0.329 e. The van der Waals surface area contributed by atoms with Crippen molar-refractivity contribution in [2.75, 3.05) is 0 Å². The number of rotatable bonds is 4. The van der Waals surface area contributed by atoms with Crippen LogP contribution in [0.4, 0.5) is 5.69 Å². The molecule has 2 N–H and O–H groups in total. The molecule has 0 radical (unpaired) electrons. The largest absolute Gasteiger partial charge is 0.480 e. The number of non-ortho nitro benzene ring substituents is 1. The van der Waals surface area contributed by atoms with Crippen LogP contribution in [-0.2, 0) is 4.79 Å². The third-order valence-corrected chi connectivity index (χ3v) is 3.54. The van der Waals surface area contributed by atoms with Gasteiger partial charge in [-0.2, -0.15) is 0 Å². The van der Waals surface area contributed by atoms with Gasteiger partial charge in [-0.05, 0) is 25.3 Å². The zero-order chi connectivity index (χ0) is 14.9. The highest BCUT2D eigenvalue weighted by Crippen LogP contribution is 2.32. The van der Waals surface area contributed by atoms with Crippen LogP contribution in [-0.4, -0.2) is 27.4 Å². The van der Waals surface area contributed by atoms with Crippen LogP contribution >= 0.6 is 11.6 Å². The van der Waals surface area contributed by atoms with Crippen LogP contribution in [0.25, 0.3) is 0 Å². The molecule has 1 aromatic rings. The standard InChI is InChI=1S/C12H11ClN2O5/c13-8-4-7(5-9(6-8)15(19)20)10(16)14-12(11(17)18)2-1-3-12/h4-6H,1-3H2,(H,14,16)(H,17,18). The van der Waals surface area contributed by atoms with Crippen LogP contribution in [0.3, 0.4) is 0 Å². The monoisotopic (exact) mass is 298 g/mol. The number of nitrogens with zero attached hydrogens (tertiary/aromatic N) is 1. The first kappa shape index (κ1) is 14.3. The van der Waals surface area contributed by atoms with E-state index in [0.29, 0.717) is 19.3 Å². The lowest BCUT2D eigenvalue weighted by atomic mass is 9.76. The summed E-state index contributed by atoms with van der Waals surface area (Å²) >= 11 is 5.72. The van der Waals surface area contributed by atoms with Crippen LogP contribution in [0, 0.1) is 10.1 Å². The van der Waals surface area contributed by atoms with E-state index in [1.807, 2.05) is 0 Å². The lowest BCUT2D eigenvalue weighted by Crippen LogP contribution is -2.59. The summed E-state index contributed by atoms with van der Waals surface area (Å²) < 4.78 is 0. The molecule has 1 aliphatic carbocycles. The molecule has 1 fully saturated rings. The maximum atomic E-state index is 12.0. The number of hydrogen-bond donors (Lipinski definition) is 2. The summed E-state index contributed by atoms with van der Waals surface area (Å²) in [6, 6.07) is 3.45. The second-order valence-electron chi connectivity index (χ2n) is 4.65. The number of carboxylic acid groups (broad SMARTS) is 1. The third kappa shape index (κ3) is 2.57. The van der Waals surface area contributed by atoms with Gasteiger partial charge in [0.2, 0.25) is 0 Å². The van der Waals surface area contributed by atoms with E-state index in [2.05, 4.69) is 5.32 Å².